The maximum Gasteiger partial charge on any atom is 0.263 e. The molecule has 2 heterocycles. The van der Waals surface area contributed by atoms with Gasteiger partial charge in [-0.2, -0.15) is 21.2 Å². The van der Waals surface area contributed by atoms with Gasteiger partial charge in [0.25, 0.3) is 15.9 Å². The molecular weight excluding hydrogens is 367 g/mol. The number of sulfonamides is 1. The fourth-order valence-corrected chi connectivity index (χ4v) is 5.19. The number of hydrogen-bond donors (Lipinski definition) is 1. The maximum absolute atomic E-state index is 13.3. The lowest BCUT2D eigenvalue weighted by Crippen LogP contribution is -2.38. The minimum atomic E-state index is -3.86. The summed E-state index contributed by atoms with van der Waals surface area (Å²) in [7, 11) is -2.32. The van der Waals surface area contributed by atoms with Gasteiger partial charge in [0.2, 0.25) is 5.03 Å². The SMILES string of the molecule is Cn1cc(C(=O)Nc2cccc(F)c2)c(S(=O)(=O)N2CCSCC2)n1. The van der Waals surface area contributed by atoms with Crippen molar-refractivity contribution in [2.75, 3.05) is 29.9 Å². The summed E-state index contributed by atoms with van der Waals surface area (Å²) in [4.78, 5) is 12.5. The monoisotopic (exact) mass is 384 g/mol. The number of anilines is 1. The summed E-state index contributed by atoms with van der Waals surface area (Å²) in [5.74, 6) is 0.264. The van der Waals surface area contributed by atoms with E-state index in [1.165, 1.54) is 33.4 Å². The number of hydrogen-bond acceptors (Lipinski definition) is 5. The molecule has 25 heavy (non-hydrogen) atoms. The smallest absolute Gasteiger partial charge is 0.263 e. The molecule has 7 nitrogen and oxygen atoms in total. The van der Waals surface area contributed by atoms with Crippen LogP contribution < -0.4 is 5.32 Å². The molecule has 0 saturated carbocycles. The molecule has 1 N–H and O–H groups in total. The first-order chi connectivity index (χ1) is 11.9. The van der Waals surface area contributed by atoms with Crippen molar-refractivity contribution in [3.63, 3.8) is 0 Å². The van der Waals surface area contributed by atoms with Crippen molar-refractivity contribution < 1.29 is 17.6 Å². The van der Waals surface area contributed by atoms with Crippen molar-refractivity contribution in [1.82, 2.24) is 14.1 Å². The van der Waals surface area contributed by atoms with Gasteiger partial charge in [-0.1, -0.05) is 6.07 Å². The Labute approximate surface area is 149 Å². The van der Waals surface area contributed by atoms with Crippen molar-refractivity contribution in [3.8, 4) is 0 Å². The maximum atomic E-state index is 13.3. The van der Waals surface area contributed by atoms with E-state index in [0.717, 1.165) is 6.07 Å². The topological polar surface area (TPSA) is 84.3 Å². The van der Waals surface area contributed by atoms with Crippen molar-refractivity contribution in [2.24, 2.45) is 7.05 Å². The molecule has 1 fully saturated rings. The number of nitrogens with zero attached hydrogens (tertiary/aromatic N) is 3. The lowest BCUT2D eigenvalue weighted by Gasteiger charge is -2.24. The van der Waals surface area contributed by atoms with Gasteiger partial charge in [0.1, 0.15) is 5.82 Å². The Balaban J connectivity index is 1.91. The number of carbonyl (C=O) groups is 1. The van der Waals surface area contributed by atoms with Crippen LogP contribution >= 0.6 is 11.8 Å². The molecule has 3 rings (SSSR count). The zero-order valence-electron chi connectivity index (χ0n) is 13.5. The van der Waals surface area contributed by atoms with Crippen LogP contribution in [-0.2, 0) is 17.1 Å². The molecule has 134 valence electrons. The van der Waals surface area contributed by atoms with Crippen molar-refractivity contribution >= 4 is 33.4 Å². The molecule has 0 aliphatic carbocycles. The van der Waals surface area contributed by atoms with Gasteiger partial charge in [0.05, 0.1) is 5.56 Å². The summed E-state index contributed by atoms with van der Waals surface area (Å²) >= 11 is 1.68. The molecule has 1 saturated heterocycles. The van der Waals surface area contributed by atoms with Gasteiger partial charge in [0, 0.05) is 43.5 Å². The van der Waals surface area contributed by atoms with Crippen LogP contribution in [0.5, 0.6) is 0 Å². The highest BCUT2D eigenvalue weighted by molar-refractivity contribution is 7.99. The number of halogens is 1. The second kappa shape index (κ2) is 7.14. The quantitative estimate of drug-likeness (QED) is 0.865. The van der Waals surface area contributed by atoms with Crippen LogP contribution in [0.15, 0.2) is 35.5 Å². The number of aromatic nitrogens is 2. The van der Waals surface area contributed by atoms with E-state index in [2.05, 4.69) is 10.4 Å². The molecule has 1 aromatic carbocycles. The van der Waals surface area contributed by atoms with Crippen molar-refractivity contribution in [3.05, 3.63) is 41.8 Å². The highest BCUT2D eigenvalue weighted by Crippen LogP contribution is 2.23. The average Bonchev–Trinajstić information content (AvgIpc) is 2.98. The lowest BCUT2D eigenvalue weighted by atomic mass is 10.3. The predicted octanol–water partition coefficient (Wildman–Crippen LogP) is 1.55. The van der Waals surface area contributed by atoms with Crippen molar-refractivity contribution in [1.29, 1.82) is 0 Å². The second-order valence-corrected chi connectivity index (χ2v) is 8.58. The lowest BCUT2D eigenvalue weighted by molar-refractivity contribution is 0.102. The Kier molecular flexibility index (Phi) is 5.11. The van der Waals surface area contributed by atoms with Crippen LogP contribution in [0.4, 0.5) is 10.1 Å². The van der Waals surface area contributed by atoms with Gasteiger partial charge in [-0.05, 0) is 18.2 Å². The number of rotatable bonds is 4. The largest absolute Gasteiger partial charge is 0.322 e. The molecule has 1 aliphatic heterocycles. The Bertz CT molecular complexity index is 892. The zero-order valence-corrected chi connectivity index (χ0v) is 15.1. The van der Waals surface area contributed by atoms with Gasteiger partial charge in [-0.15, -0.1) is 0 Å². The molecule has 2 aromatic rings. The number of benzene rings is 1. The minimum Gasteiger partial charge on any atom is -0.322 e. The van der Waals surface area contributed by atoms with Crippen LogP contribution in [0.1, 0.15) is 10.4 Å². The third kappa shape index (κ3) is 3.86. The summed E-state index contributed by atoms with van der Waals surface area (Å²) in [5.41, 5.74) is 0.177. The zero-order chi connectivity index (χ0) is 18.0. The summed E-state index contributed by atoms with van der Waals surface area (Å²) in [6.45, 7) is 0.767. The molecule has 1 amide bonds. The average molecular weight is 384 g/mol. The van der Waals surface area contributed by atoms with Crippen LogP contribution in [-0.4, -0.2) is 53.0 Å². The summed E-state index contributed by atoms with van der Waals surface area (Å²) < 4.78 is 41.6. The molecule has 1 aromatic heterocycles. The normalized spacial score (nSPS) is 15.9. The van der Waals surface area contributed by atoms with Crippen LogP contribution in [0.2, 0.25) is 0 Å². The third-order valence-corrected chi connectivity index (χ3v) is 6.45. The first-order valence-corrected chi connectivity index (χ1v) is 10.2. The number of amides is 1. The molecule has 0 atom stereocenters. The fraction of sp³-hybridized carbons (Fsp3) is 0.333. The Morgan fingerprint density at radius 3 is 2.72 bits per heavy atom. The third-order valence-electron chi connectivity index (χ3n) is 3.68. The summed E-state index contributed by atoms with van der Waals surface area (Å²) in [6.07, 6.45) is 1.35. The molecule has 1 aliphatic rings. The van der Waals surface area contributed by atoms with Gasteiger partial charge < -0.3 is 5.32 Å². The molecule has 10 heteroatoms. The fourth-order valence-electron chi connectivity index (χ4n) is 2.49. The summed E-state index contributed by atoms with van der Waals surface area (Å²) in [5, 5.41) is 6.21. The van der Waals surface area contributed by atoms with E-state index >= 15 is 0 Å². The van der Waals surface area contributed by atoms with Gasteiger partial charge in [-0.3, -0.25) is 9.48 Å². The molecule has 0 bridgehead atoms. The van der Waals surface area contributed by atoms with Gasteiger partial charge in [0.15, 0.2) is 0 Å². The van der Waals surface area contributed by atoms with Crippen LogP contribution in [0.3, 0.4) is 0 Å². The van der Waals surface area contributed by atoms with Crippen LogP contribution in [0.25, 0.3) is 0 Å². The van der Waals surface area contributed by atoms with E-state index in [1.807, 2.05) is 0 Å². The standard InChI is InChI=1S/C15H17FN4O3S2/c1-19-10-13(14(21)17-12-4-2-3-11(16)9-12)15(18-19)25(22,23)20-5-7-24-8-6-20/h2-4,9-10H,5-8H2,1H3,(H,17,21). The van der Waals surface area contributed by atoms with E-state index in [-0.39, 0.29) is 16.3 Å². The molecule has 0 unspecified atom stereocenters. The van der Waals surface area contributed by atoms with E-state index in [1.54, 1.807) is 18.8 Å². The van der Waals surface area contributed by atoms with E-state index < -0.39 is 21.7 Å². The van der Waals surface area contributed by atoms with Gasteiger partial charge in [-0.25, -0.2) is 12.8 Å². The van der Waals surface area contributed by atoms with E-state index in [4.69, 9.17) is 0 Å². The summed E-state index contributed by atoms with van der Waals surface area (Å²) in [6, 6.07) is 5.39. The first-order valence-electron chi connectivity index (χ1n) is 7.56. The molecule has 0 radical (unpaired) electrons. The predicted molar refractivity (Wildman–Crippen MR) is 93.6 cm³/mol. The minimum absolute atomic E-state index is 0.0648. The molecular formula is C15H17FN4O3S2. The number of carbonyl (C=O) groups excluding carboxylic acids is 1. The van der Waals surface area contributed by atoms with E-state index in [9.17, 15) is 17.6 Å². The number of thioether (sulfide) groups is 1. The number of nitrogens with one attached hydrogen (secondary N) is 1. The Morgan fingerprint density at radius 1 is 1.32 bits per heavy atom. The highest BCUT2D eigenvalue weighted by Gasteiger charge is 2.33. The van der Waals surface area contributed by atoms with E-state index in [0.29, 0.717) is 24.6 Å². The highest BCUT2D eigenvalue weighted by atomic mass is 32.2. The first kappa shape index (κ1) is 17.9. The Morgan fingerprint density at radius 2 is 2.04 bits per heavy atom. The van der Waals surface area contributed by atoms with Crippen molar-refractivity contribution in [2.45, 2.75) is 5.03 Å². The Hall–Kier alpha value is -1.91. The van der Waals surface area contributed by atoms with Gasteiger partial charge >= 0.3 is 0 Å². The van der Waals surface area contributed by atoms with Crippen LogP contribution in [0, 0.1) is 5.82 Å². The number of aryl methyl sites for hydroxylation is 1. The second-order valence-electron chi connectivity index (χ2n) is 5.50. The molecule has 0 spiro atoms.